The molecule has 1 atom stereocenters. The van der Waals surface area contributed by atoms with Gasteiger partial charge in [-0.1, -0.05) is 12.1 Å². The van der Waals surface area contributed by atoms with Crippen molar-refractivity contribution in [2.75, 3.05) is 6.61 Å². The molecule has 0 aromatic heterocycles. The van der Waals surface area contributed by atoms with Crippen LogP contribution in [0.25, 0.3) is 0 Å². The Balaban J connectivity index is 2.14. The Hall–Kier alpha value is -1.02. The second kappa shape index (κ2) is 4.01. The summed E-state index contributed by atoms with van der Waals surface area (Å²) in [6.07, 6.45) is 3.19. The molecule has 1 aromatic carbocycles. The molecule has 1 aromatic rings. The van der Waals surface area contributed by atoms with Crippen LogP contribution >= 0.6 is 0 Å². The molecule has 14 heavy (non-hydrogen) atoms. The second-order valence-corrected chi connectivity index (χ2v) is 4.01. The van der Waals surface area contributed by atoms with E-state index in [2.05, 4.69) is 25.1 Å². The quantitative estimate of drug-likeness (QED) is 0.792. The topological polar surface area (TPSA) is 35.2 Å². The number of fused-ring (bicyclic) bond motifs is 1. The van der Waals surface area contributed by atoms with E-state index in [1.165, 1.54) is 11.1 Å². The van der Waals surface area contributed by atoms with Crippen LogP contribution in [0.5, 0.6) is 5.75 Å². The van der Waals surface area contributed by atoms with E-state index >= 15 is 0 Å². The van der Waals surface area contributed by atoms with Crippen LogP contribution in [0, 0.1) is 0 Å². The van der Waals surface area contributed by atoms with Crippen molar-refractivity contribution in [3.8, 4) is 5.75 Å². The van der Waals surface area contributed by atoms with Gasteiger partial charge < -0.3 is 10.5 Å². The zero-order chi connectivity index (χ0) is 9.97. The molecule has 1 aliphatic heterocycles. The summed E-state index contributed by atoms with van der Waals surface area (Å²) < 4.78 is 5.51. The number of aryl methyl sites for hydroxylation is 1. The van der Waals surface area contributed by atoms with Crippen molar-refractivity contribution < 1.29 is 4.74 Å². The number of nitrogens with two attached hydrogens (primary N) is 1. The van der Waals surface area contributed by atoms with Gasteiger partial charge in [0.25, 0.3) is 0 Å². The number of ether oxygens (including phenoxy) is 1. The van der Waals surface area contributed by atoms with E-state index in [0.717, 1.165) is 31.6 Å². The van der Waals surface area contributed by atoms with Crippen molar-refractivity contribution in [3.63, 3.8) is 0 Å². The molecule has 0 unspecified atom stereocenters. The summed E-state index contributed by atoms with van der Waals surface area (Å²) in [6, 6.07) is 6.60. The third-order valence-electron chi connectivity index (χ3n) is 2.71. The molecule has 1 aliphatic rings. The molecular weight excluding hydrogens is 174 g/mol. The van der Waals surface area contributed by atoms with Gasteiger partial charge in [0.15, 0.2) is 0 Å². The van der Waals surface area contributed by atoms with E-state index in [4.69, 9.17) is 10.5 Å². The van der Waals surface area contributed by atoms with Gasteiger partial charge in [-0.3, -0.25) is 0 Å². The average molecular weight is 191 g/mol. The van der Waals surface area contributed by atoms with Crippen molar-refractivity contribution in [1.29, 1.82) is 0 Å². The number of hydrogen-bond acceptors (Lipinski definition) is 2. The van der Waals surface area contributed by atoms with E-state index in [9.17, 15) is 0 Å². The lowest BCUT2D eigenvalue weighted by molar-refractivity contribution is 0.357. The summed E-state index contributed by atoms with van der Waals surface area (Å²) >= 11 is 0. The Morgan fingerprint density at radius 1 is 1.50 bits per heavy atom. The zero-order valence-corrected chi connectivity index (χ0v) is 8.62. The fourth-order valence-electron chi connectivity index (χ4n) is 1.91. The van der Waals surface area contributed by atoms with Crippen LogP contribution in [0.3, 0.4) is 0 Å². The normalized spacial score (nSPS) is 16.1. The van der Waals surface area contributed by atoms with E-state index in [1.807, 2.05) is 0 Å². The molecule has 0 bridgehead atoms. The van der Waals surface area contributed by atoms with Crippen LogP contribution in [0.2, 0.25) is 0 Å². The molecule has 0 saturated heterocycles. The molecule has 0 amide bonds. The van der Waals surface area contributed by atoms with Crippen LogP contribution in [-0.4, -0.2) is 12.6 Å². The van der Waals surface area contributed by atoms with E-state index in [1.54, 1.807) is 0 Å². The van der Waals surface area contributed by atoms with Crippen LogP contribution in [0.1, 0.15) is 24.5 Å². The van der Waals surface area contributed by atoms with Crippen LogP contribution in [0.4, 0.5) is 0 Å². The minimum atomic E-state index is 0.285. The van der Waals surface area contributed by atoms with Gasteiger partial charge in [0.1, 0.15) is 5.75 Å². The predicted molar refractivity (Wildman–Crippen MR) is 57.6 cm³/mol. The standard InChI is InChI=1S/C12H17NO/c1-9(13)5-6-10-3-2-4-12-11(10)7-8-14-12/h2-4,9H,5-8,13H2,1H3/t9-/m0/s1. The van der Waals surface area contributed by atoms with Gasteiger partial charge in [-0.15, -0.1) is 0 Å². The van der Waals surface area contributed by atoms with Gasteiger partial charge in [0.2, 0.25) is 0 Å². The minimum Gasteiger partial charge on any atom is -0.493 e. The van der Waals surface area contributed by atoms with Crippen molar-refractivity contribution in [2.45, 2.75) is 32.2 Å². The maximum atomic E-state index is 5.75. The van der Waals surface area contributed by atoms with Gasteiger partial charge >= 0.3 is 0 Å². The molecule has 0 aliphatic carbocycles. The molecule has 0 fully saturated rings. The lowest BCUT2D eigenvalue weighted by Gasteiger charge is -2.08. The summed E-state index contributed by atoms with van der Waals surface area (Å²) in [4.78, 5) is 0. The van der Waals surface area contributed by atoms with E-state index in [0.29, 0.717) is 0 Å². The molecule has 2 rings (SSSR count). The monoisotopic (exact) mass is 191 g/mol. The van der Waals surface area contributed by atoms with Crippen molar-refractivity contribution in [1.82, 2.24) is 0 Å². The second-order valence-electron chi connectivity index (χ2n) is 4.01. The molecule has 76 valence electrons. The van der Waals surface area contributed by atoms with E-state index in [-0.39, 0.29) is 6.04 Å². The highest BCUT2D eigenvalue weighted by Gasteiger charge is 2.15. The summed E-state index contributed by atoms with van der Waals surface area (Å²) in [5.74, 6) is 1.08. The highest BCUT2D eigenvalue weighted by atomic mass is 16.5. The fraction of sp³-hybridized carbons (Fsp3) is 0.500. The lowest BCUT2D eigenvalue weighted by Crippen LogP contribution is -2.15. The van der Waals surface area contributed by atoms with Gasteiger partial charge in [-0.2, -0.15) is 0 Å². The average Bonchev–Trinajstić information content (AvgIpc) is 2.62. The Morgan fingerprint density at radius 3 is 3.14 bits per heavy atom. The number of rotatable bonds is 3. The first-order chi connectivity index (χ1) is 6.77. The minimum absolute atomic E-state index is 0.285. The third kappa shape index (κ3) is 1.90. The molecular formula is C12H17NO. The van der Waals surface area contributed by atoms with Gasteiger partial charge in [-0.25, -0.2) is 0 Å². The maximum absolute atomic E-state index is 5.75. The van der Waals surface area contributed by atoms with Crippen molar-refractivity contribution in [3.05, 3.63) is 29.3 Å². The Labute approximate surface area is 85.1 Å². The van der Waals surface area contributed by atoms with Crippen LogP contribution < -0.4 is 10.5 Å². The third-order valence-corrected chi connectivity index (χ3v) is 2.71. The largest absolute Gasteiger partial charge is 0.493 e. The molecule has 2 heteroatoms. The van der Waals surface area contributed by atoms with Gasteiger partial charge in [-0.05, 0) is 31.4 Å². The Kier molecular flexibility index (Phi) is 2.73. The lowest BCUT2D eigenvalue weighted by atomic mass is 9.99. The molecule has 0 spiro atoms. The molecule has 0 radical (unpaired) electrons. The fourth-order valence-corrected chi connectivity index (χ4v) is 1.91. The van der Waals surface area contributed by atoms with Gasteiger partial charge in [0.05, 0.1) is 6.61 Å². The summed E-state index contributed by atoms with van der Waals surface area (Å²) in [5, 5.41) is 0. The SMILES string of the molecule is C[C@H](N)CCc1cccc2c1CCO2. The van der Waals surface area contributed by atoms with Crippen LogP contribution in [-0.2, 0) is 12.8 Å². The number of hydrogen-bond donors (Lipinski definition) is 1. The summed E-state index contributed by atoms with van der Waals surface area (Å²) in [5.41, 5.74) is 8.56. The molecule has 0 saturated carbocycles. The Bertz CT molecular complexity index is 320. The smallest absolute Gasteiger partial charge is 0.122 e. The van der Waals surface area contributed by atoms with Gasteiger partial charge in [0, 0.05) is 18.0 Å². The first-order valence-electron chi connectivity index (χ1n) is 5.26. The number of benzene rings is 1. The molecule has 1 heterocycles. The van der Waals surface area contributed by atoms with E-state index < -0.39 is 0 Å². The first kappa shape index (κ1) is 9.53. The first-order valence-corrected chi connectivity index (χ1v) is 5.26. The summed E-state index contributed by atoms with van der Waals surface area (Å²) in [6.45, 7) is 2.89. The maximum Gasteiger partial charge on any atom is 0.122 e. The molecule has 2 N–H and O–H groups in total. The van der Waals surface area contributed by atoms with Crippen molar-refractivity contribution in [2.24, 2.45) is 5.73 Å². The van der Waals surface area contributed by atoms with Crippen LogP contribution in [0.15, 0.2) is 18.2 Å². The predicted octanol–water partition coefficient (Wildman–Crippen LogP) is 1.90. The Morgan fingerprint density at radius 2 is 2.36 bits per heavy atom. The highest BCUT2D eigenvalue weighted by molar-refractivity contribution is 5.42. The zero-order valence-electron chi connectivity index (χ0n) is 8.62. The highest BCUT2D eigenvalue weighted by Crippen LogP contribution is 2.28. The van der Waals surface area contributed by atoms with Crippen molar-refractivity contribution >= 4 is 0 Å². The molecule has 2 nitrogen and oxygen atoms in total. The summed E-state index contributed by atoms with van der Waals surface area (Å²) in [7, 11) is 0.